The quantitative estimate of drug-likeness (QED) is 0.638. The van der Waals surface area contributed by atoms with Gasteiger partial charge in [0.15, 0.2) is 0 Å². The highest BCUT2D eigenvalue weighted by atomic mass is 16.3. The van der Waals surface area contributed by atoms with Gasteiger partial charge in [-0.25, -0.2) is 0 Å². The maximum Gasteiger partial charge on any atom is 0.0459 e. The van der Waals surface area contributed by atoms with E-state index in [0.717, 1.165) is 5.92 Å². The molecule has 1 nitrogen and oxygen atoms in total. The van der Waals surface area contributed by atoms with Gasteiger partial charge < -0.3 is 5.11 Å². The minimum atomic E-state index is 0.419. The van der Waals surface area contributed by atoms with Crippen molar-refractivity contribution in [1.82, 2.24) is 0 Å². The number of hydrogen-bond donors (Lipinski definition) is 1. The van der Waals surface area contributed by atoms with E-state index >= 15 is 0 Å². The lowest BCUT2D eigenvalue weighted by Crippen LogP contribution is -2.26. The molecule has 0 radical (unpaired) electrons. The maximum absolute atomic E-state index is 8.73. The third kappa shape index (κ3) is 1.98. The van der Waals surface area contributed by atoms with E-state index < -0.39 is 0 Å². The van der Waals surface area contributed by atoms with Gasteiger partial charge in [-0.1, -0.05) is 26.2 Å². The molecule has 0 unspecified atom stereocenters. The molecule has 0 aliphatic heterocycles. The van der Waals surface area contributed by atoms with Crippen LogP contribution in [0.1, 0.15) is 39.0 Å². The van der Waals surface area contributed by atoms with Crippen molar-refractivity contribution in [1.29, 1.82) is 0 Å². The lowest BCUT2D eigenvalue weighted by Gasteiger charge is -2.33. The van der Waals surface area contributed by atoms with Gasteiger partial charge in [0, 0.05) is 6.61 Å². The van der Waals surface area contributed by atoms with Crippen molar-refractivity contribution in [3.63, 3.8) is 0 Å². The molecule has 1 aliphatic rings. The van der Waals surface area contributed by atoms with Crippen molar-refractivity contribution in [3.05, 3.63) is 0 Å². The first-order chi connectivity index (χ1) is 4.86. The van der Waals surface area contributed by atoms with E-state index in [1.165, 1.54) is 32.1 Å². The topological polar surface area (TPSA) is 20.2 Å². The monoisotopic (exact) mass is 142 g/mol. The molecular weight excluding hydrogens is 124 g/mol. The predicted octanol–water partition coefficient (Wildman–Crippen LogP) is 2.20. The minimum Gasteiger partial charge on any atom is -0.396 e. The molecule has 0 aromatic rings. The van der Waals surface area contributed by atoms with Crippen LogP contribution >= 0.6 is 0 Å². The molecule has 1 fully saturated rings. The van der Waals surface area contributed by atoms with Crippen molar-refractivity contribution >= 4 is 0 Å². The normalized spacial score (nSPS) is 31.8. The summed E-state index contributed by atoms with van der Waals surface area (Å²) in [6.07, 6.45) is 6.67. The molecule has 60 valence electrons. The number of unbranched alkanes of at least 4 members (excludes halogenated alkanes) is 1. The van der Waals surface area contributed by atoms with Gasteiger partial charge in [-0.15, -0.1) is 0 Å². The van der Waals surface area contributed by atoms with Gasteiger partial charge in [0.25, 0.3) is 0 Å². The summed E-state index contributed by atoms with van der Waals surface area (Å²) in [4.78, 5) is 0. The van der Waals surface area contributed by atoms with Gasteiger partial charge in [0.05, 0.1) is 0 Å². The first-order valence-electron chi connectivity index (χ1n) is 4.47. The molecule has 1 rings (SSSR count). The summed E-state index contributed by atoms with van der Waals surface area (Å²) in [5, 5.41) is 8.73. The maximum atomic E-state index is 8.73. The molecule has 1 N–H and O–H groups in total. The van der Waals surface area contributed by atoms with Crippen molar-refractivity contribution in [3.8, 4) is 0 Å². The fourth-order valence-electron chi connectivity index (χ4n) is 1.75. The predicted molar refractivity (Wildman–Crippen MR) is 42.8 cm³/mol. The second-order valence-electron chi connectivity index (χ2n) is 3.53. The first kappa shape index (κ1) is 8.06. The zero-order chi connectivity index (χ0) is 7.40. The molecule has 0 bridgehead atoms. The van der Waals surface area contributed by atoms with Crippen LogP contribution < -0.4 is 0 Å². The Morgan fingerprint density at radius 2 is 2.00 bits per heavy atom. The Balaban J connectivity index is 1.93. The summed E-state index contributed by atoms with van der Waals surface area (Å²) in [5.74, 6) is 1.61. The van der Waals surface area contributed by atoms with E-state index in [4.69, 9.17) is 5.11 Å². The summed E-state index contributed by atoms with van der Waals surface area (Å²) in [6.45, 7) is 2.66. The van der Waals surface area contributed by atoms with E-state index in [9.17, 15) is 0 Å². The number of hydrogen-bond acceptors (Lipinski definition) is 1. The average molecular weight is 142 g/mol. The summed E-state index contributed by atoms with van der Waals surface area (Å²) in [5.41, 5.74) is 0. The number of aliphatic hydroxyl groups is 1. The molecule has 0 atom stereocenters. The van der Waals surface area contributed by atoms with Gasteiger partial charge in [0.2, 0.25) is 0 Å². The van der Waals surface area contributed by atoms with E-state index in [-0.39, 0.29) is 0 Å². The Morgan fingerprint density at radius 1 is 1.30 bits per heavy atom. The SMILES string of the molecule is CCCCC1CC(CO)C1. The Hall–Kier alpha value is -0.0400. The zero-order valence-electron chi connectivity index (χ0n) is 6.84. The zero-order valence-corrected chi connectivity index (χ0v) is 6.84. The van der Waals surface area contributed by atoms with Crippen molar-refractivity contribution < 1.29 is 5.11 Å². The lowest BCUT2D eigenvalue weighted by molar-refractivity contribution is 0.101. The average Bonchev–Trinajstić information content (AvgIpc) is 1.86. The van der Waals surface area contributed by atoms with Crippen LogP contribution in [-0.4, -0.2) is 11.7 Å². The van der Waals surface area contributed by atoms with Crippen LogP contribution in [0, 0.1) is 11.8 Å². The van der Waals surface area contributed by atoms with Crippen molar-refractivity contribution in [2.24, 2.45) is 11.8 Å². The highest BCUT2D eigenvalue weighted by Gasteiger charge is 2.27. The molecular formula is C9H18O. The molecule has 1 heteroatoms. The fourth-order valence-corrected chi connectivity index (χ4v) is 1.75. The van der Waals surface area contributed by atoms with Crippen LogP contribution in [0.5, 0.6) is 0 Å². The summed E-state index contributed by atoms with van der Waals surface area (Å²) in [6, 6.07) is 0. The molecule has 0 aromatic carbocycles. The minimum absolute atomic E-state index is 0.419. The molecule has 0 saturated heterocycles. The van der Waals surface area contributed by atoms with Gasteiger partial charge in [-0.2, -0.15) is 0 Å². The Morgan fingerprint density at radius 3 is 2.50 bits per heavy atom. The standard InChI is InChI=1S/C9H18O/c1-2-3-4-8-5-9(6-8)7-10/h8-10H,2-7H2,1H3. The molecule has 0 spiro atoms. The third-order valence-electron chi connectivity index (χ3n) is 2.56. The second kappa shape index (κ2) is 3.97. The van der Waals surface area contributed by atoms with Gasteiger partial charge in [-0.3, -0.25) is 0 Å². The lowest BCUT2D eigenvalue weighted by atomic mass is 9.73. The van der Waals surface area contributed by atoms with Crippen molar-refractivity contribution in [2.75, 3.05) is 6.61 Å². The second-order valence-corrected chi connectivity index (χ2v) is 3.53. The fraction of sp³-hybridized carbons (Fsp3) is 1.00. The van der Waals surface area contributed by atoms with Crippen LogP contribution in [0.3, 0.4) is 0 Å². The summed E-state index contributed by atoms with van der Waals surface area (Å²) in [7, 11) is 0. The smallest absolute Gasteiger partial charge is 0.0459 e. The summed E-state index contributed by atoms with van der Waals surface area (Å²) < 4.78 is 0. The number of rotatable bonds is 4. The van der Waals surface area contributed by atoms with Crippen LogP contribution in [-0.2, 0) is 0 Å². The first-order valence-corrected chi connectivity index (χ1v) is 4.47. The molecule has 1 saturated carbocycles. The third-order valence-corrected chi connectivity index (χ3v) is 2.56. The number of aliphatic hydroxyl groups excluding tert-OH is 1. The highest BCUT2D eigenvalue weighted by Crippen LogP contribution is 2.36. The van der Waals surface area contributed by atoms with Gasteiger partial charge in [0.1, 0.15) is 0 Å². The van der Waals surface area contributed by atoms with E-state index in [1.54, 1.807) is 0 Å². The molecule has 1 aliphatic carbocycles. The van der Waals surface area contributed by atoms with Crippen molar-refractivity contribution in [2.45, 2.75) is 39.0 Å². The Kier molecular flexibility index (Phi) is 3.20. The molecule has 0 amide bonds. The largest absolute Gasteiger partial charge is 0.396 e. The van der Waals surface area contributed by atoms with Crippen LogP contribution in [0.15, 0.2) is 0 Å². The Labute approximate surface area is 63.4 Å². The van der Waals surface area contributed by atoms with E-state index in [0.29, 0.717) is 12.5 Å². The van der Waals surface area contributed by atoms with Gasteiger partial charge in [-0.05, 0) is 24.7 Å². The molecule has 0 heterocycles. The Bertz CT molecular complexity index is 82.0. The van der Waals surface area contributed by atoms with Gasteiger partial charge >= 0.3 is 0 Å². The molecule has 10 heavy (non-hydrogen) atoms. The van der Waals surface area contributed by atoms with E-state index in [1.807, 2.05) is 0 Å². The van der Waals surface area contributed by atoms with Crippen LogP contribution in [0.25, 0.3) is 0 Å². The van der Waals surface area contributed by atoms with Crippen LogP contribution in [0.2, 0.25) is 0 Å². The summed E-state index contributed by atoms with van der Waals surface area (Å²) >= 11 is 0. The highest BCUT2D eigenvalue weighted by molar-refractivity contribution is 4.78. The van der Waals surface area contributed by atoms with E-state index in [2.05, 4.69) is 6.92 Å². The van der Waals surface area contributed by atoms with Crippen LogP contribution in [0.4, 0.5) is 0 Å². The molecule has 0 aromatic heterocycles.